The first kappa shape index (κ1) is 15.5. The van der Waals surface area contributed by atoms with Crippen LogP contribution in [0.3, 0.4) is 0 Å². The maximum absolute atomic E-state index is 12.7. The Bertz CT molecular complexity index is 536. The summed E-state index contributed by atoms with van der Waals surface area (Å²) in [6.07, 6.45) is 4.43. The zero-order chi connectivity index (χ0) is 15.6. The molecule has 1 saturated carbocycles. The third-order valence-corrected chi connectivity index (χ3v) is 5.22. The number of likely N-dealkylation sites (tertiary alicyclic amines) is 1. The van der Waals surface area contributed by atoms with Crippen molar-refractivity contribution in [3.63, 3.8) is 0 Å². The molecule has 2 fully saturated rings. The highest BCUT2D eigenvalue weighted by Gasteiger charge is 2.51. The van der Waals surface area contributed by atoms with Gasteiger partial charge in [0.2, 0.25) is 5.91 Å². The van der Waals surface area contributed by atoms with Crippen LogP contribution in [-0.2, 0) is 10.2 Å². The average Bonchev–Trinajstić information content (AvgIpc) is 3.21. The van der Waals surface area contributed by atoms with Crippen molar-refractivity contribution in [1.82, 2.24) is 10.2 Å². The van der Waals surface area contributed by atoms with Crippen LogP contribution in [-0.4, -0.2) is 37.0 Å². The van der Waals surface area contributed by atoms with Crippen molar-refractivity contribution in [3.8, 4) is 0 Å². The fraction of sp³-hybridized carbons (Fsp3) is 0.632. The molecule has 2 aliphatic rings. The summed E-state index contributed by atoms with van der Waals surface area (Å²) in [5.74, 6) is 0.871. The Morgan fingerprint density at radius 3 is 2.91 bits per heavy atom. The van der Waals surface area contributed by atoms with E-state index >= 15 is 0 Å². The van der Waals surface area contributed by atoms with Gasteiger partial charge < -0.3 is 10.2 Å². The number of nitrogens with zero attached hydrogens (tertiary/aromatic N) is 1. The summed E-state index contributed by atoms with van der Waals surface area (Å²) >= 11 is 0. The lowest BCUT2D eigenvalue weighted by atomic mass is 9.93. The molecule has 3 rings (SSSR count). The average molecular weight is 300 g/mol. The molecule has 1 amide bonds. The van der Waals surface area contributed by atoms with Crippen molar-refractivity contribution >= 4 is 5.91 Å². The number of carbonyl (C=O) groups is 1. The predicted octanol–water partition coefficient (Wildman–Crippen LogP) is 2.87. The third-order valence-electron chi connectivity index (χ3n) is 5.22. The molecular formula is C19H28N2O. The van der Waals surface area contributed by atoms with Crippen LogP contribution in [0, 0.1) is 12.8 Å². The van der Waals surface area contributed by atoms with Crippen molar-refractivity contribution in [2.24, 2.45) is 5.92 Å². The van der Waals surface area contributed by atoms with E-state index in [9.17, 15) is 4.79 Å². The highest BCUT2D eigenvalue weighted by atomic mass is 16.2. The molecule has 1 heterocycles. The van der Waals surface area contributed by atoms with Crippen molar-refractivity contribution in [2.45, 2.75) is 44.9 Å². The van der Waals surface area contributed by atoms with Crippen molar-refractivity contribution in [2.75, 3.05) is 26.2 Å². The molecule has 1 aromatic rings. The van der Waals surface area contributed by atoms with Crippen LogP contribution in [0.5, 0.6) is 0 Å². The van der Waals surface area contributed by atoms with Crippen LogP contribution in [0.2, 0.25) is 0 Å². The second kappa shape index (κ2) is 6.41. The molecule has 3 heteroatoms. The highest BCUT2D eigenvalue weighted by Crippen LogP contribution is 2.48. The third kappa shape index (κ3) is 3.19. The second-order valence-electron chi connectivity index (χ2n) is 7.12. The van der Waals surface area contributed by atoms with Gasteiger partial charge in [-0.1, -0.05) is 36.8 Å². The van der Waals surface area contributed by atoms with E-state index in [2.05, 4.69) is 48.3 Å². The maximum atomic E-state index is 12.7. The SMILES string of the molecule is CCCN1CC[C@H](CNC(=O)C2(c3cccc(C)c3)CC2)C1. The van der Waals surface area contributed by atoms with Gasteiger partial charge >= 0.3 is 0 Å². The quantitative estimate of drug-likeness (QED) is 0.876. The van der Waals surface area contributed by atoms with Crippen LogP contribution < -0.4 is 5.32 Å². The summed E-state index contributed by atoms with van der Waals surface area (Å²) in [5, 5.41) is 3.24. The van der Waals surface area contributed by atoms with E-state index in [0.717, 1.165) is 25.9 Å². The van der Waals surface area contributed by atoms with Crippen LogP contribution in [0.1, 0.15) is 43.7 Å². The number of amides is 1. The first-order chi connectivity index (χ1) is 10.6. The molecule has 22 heavy (non-hydrogen) atoms. The molecule has 120 valence electrons. The van der Waals surface area contributed by atoms with E-state index in [1.807, 2.05) is 0 Å². The molecule has 0 unspecified atom stereocenters. The summed E-state index contributed by atoms with van der Waals surface area (Å²) in [4.78, 5) is 15.2. The second-order valence-corrected chi connectivity index (χ2v) is 7.12. The van der Waals surface area contributed by atoms with Crippen LogP contribution in [0.15, 0.2) is 24.3 Å². The molecule has 3 nitrogen and oxygen atoms in total. The van der Waals surface area contributed by atoms with Gasteiger partial charge in [-0.05, 0) is 57.2 Å². The molecule has 1 aliphatic carbocycles. The van der Waals surface area contributed by atoms with Crippen molar-refractivity contribution in [3.05, 3.63) is 35.4 Å². The summed E-state index contributed by atoms with van der Waals surface area (Å²) in [6, 6.07) is 8.44. The minimum atomic E-state index is -0.228. The van der Waals surface area contributed by atoms with Gasteiger partial charge in [0, 0.05) is 13.1 Å². The van der Waals surface area contributed by atoms with Gasteiger partial charge in [-0.3, -0.25) is 4.79 Å². The summed E-state index contributed by atoms with van der Waals surface area (Å²) < 4.78 is 0. The first-order valence-corrected chi connectivity index (χ1v) is 8.72. The van der Waals surface area contributed by atoms with Crippen molar-refractivity contribution < 1.29 is 4.79 Å². The topological polar surface area (TPSA) is 32.3 Å². The number of hydrogen-bond acceptors (Lipinski definition) is 2. The Balaban J connectivity index is 1.54. The number of nitrogens with one attached hydrogen (secondary N) is 1. The Morgan fingerprint density at radius 2 is 2.23 bits per heavy atom. The van der Waals surface area contributed by atoms with E-state index < -0.39 is 0 Å². The Kier molecular flexibility index (Phi) is 4.53. The predicted molar refractivity (Wildman–Crippen MR) is 89.9 cm³/mol. The fourth-order valence-corrected chi connectivity index (χ4v) is 3.72. The molecule has 1 atom stereocenters. The van der Waals surface area contributed by atoms with E-state index in [0.29, 0.717) is 5.92 Å². The largest absolute Gasteiger partial charge is 0.355 e. The van der Waals surface area contributed by atoms with Gasteiger partial charge in [0.15, 0.2) is 0 Å². The molecule has 0 aromatic heterocycles. The van der Waals surface area contributed by atoms with E-state index in [4.69, 9.17) is 0 Å². The normalized spacial score (nSPS) is 23.5. The van der Waals surface area contributed by atoms with Gasteiger partial charge in [0.05, 0.1) is 5.41 Å². The van der Waals surface area contributed by atoms with Gasteiger partial charge in [0.1, 0.15) is 0 Å². The molecule has 1 N–H and O–H groups in total. The van der Waals surface area contributed by atoms with E-state index in [-0.39, 0.29) is 11.3 Å². The van der Waals surface area contributed by atoms with Crippen LogP contribution in [0.25, 0.3) is 0 Å². The van der Waals surface area contributed by atoms with Crippen molar-refractivity contribution in [1.29, 1.82) is 0 Å². The van der Waals surface area contributed by atoms with E-state index in [1.165, 1.54) is 37.1 Å². The maximum Gasteiger partial charge on any atom is 0.230 e. The fourth-order valence-electron chi connectivity index (χ4n) is 3.72. The first-order valence-electron chi connectivity index (χ1n) is 8.72. The smallest absolute Gasteiger partial charge is 0.230 e. The zero-order valence-electron chi connectivity index (χ0n) is 13.9. The number of aryl methyl sites for hydroxylation is 1. The molecule has 1 aromatic carbocycles. The number of benzene rings is 1. The standard InChI is InChI=1S/C19H28N2O/c1-3-10-21-11-7-16(14-21)13-20-18(22)19(8-9-19)17-6-4-5-15(2)12-17/h4-6,12,16H,3,7-11,13-14H2,1-2H3,(H,20,22)/t16-/m1/s1. The minimum absolute atomic E-state index is 0.228. The Hall–Kier alpha value is -1.35. The Morgan fingerprint density at radius 1 is 1.41 bits per heavy atom. The minimum Gasteiger partial charge on any atom is -0.355 e. The number of rotatable bonds is 6. The summed E-state index contributed by atoms with van der Waals surface area (Å²) in [6.45, 7) is 8.69. The molecule has 0 spiro atoms. The molecule has 1 aliphatic heterocycles. The Labute approximate surface area is 134 Å². The lowest BCUT2D eigenvalue weighted by Crippen LogP contribution is -2.38. The number of carbonyl (C=O) groups excluding carboxylic acids is 1. The van der Waals surface area contributed by atoms with Gasteiger partial charge in [-0.25, -0.2) is 0 Å². The summed E-state index contributed by atoms with van der Waals surface area (Å²) in [5.41, 5.74) is 2.21. The highest BCUT2D eigenvalue weighted by molar-refractivity contribution is 5.91. The molecule has 0 radical (unpaired) electrons. The van der Waals surface area contributed by atoms with Gasteiger partial charge in [-0.15, -0.1) is 0 Å². The molecule has 0 bridgehead atoms. The monoisotopic (exact) mass is 300 g/mol. The summed E-state index contributed by atoms with van der Waals surface area (Å²) in [7, 11) is 0. The van der Waals surface area contributed by atoms with Crippen LogP contribution >= 0.6 is 0 Å². The van der Waals surface area contributed by atoms with E-state index in [1.54, 1.807) is 0 Å². The number of hydrogen-bond donors (Lipinski definition) is 1. The lowest BCUT2D eigenvalue weighted by molar-refractivity contribution is -0.123. The lowest BCUT2D eigenvalue weighted by Gasteiger charge is -2.19. The van der Waals surface area contributed by atoms with Crippen LogP contribution in [0.4, 0.5) is 0 Å². The van der Waals surface area contributed by atoms with Gasteiger partial charge in [-0.2, -0.15) is 0 Å². The van der Waals surface area contributed by atoms with Gasteiger partial charge in [0.25, 0.3) is 0 Å². The molecular weight excluding hydrogens is 272 g/mol. The molecule has 1 saturated heterocycles. The zero-order valence-corrected chi connectivity index (χ0v) is 13.9.